The van der Waals surface area contributed by atoms with Crippen LogP contribution in [0, 0.1) is 0 Å². The third-order valence-electron chi connectivity index (χ3n) is 2.40. The van der Waals surface area contributed by atoms with Gasteiger partial charge in [-0.25, -0.2) is 0 Å². The molecule has 0 atom stereocenters. The highest BCUT2D eigenvalue weighted by molar-refractivity contribution is 5.96. The smallest absolute Gasteiger partial charge is 0.308 e. The second kappa shape index (κ2) is 20.4. The topological polar surface area (TPSA) is 52.6 Å². The molecule has 0 amide bonds. The lowest BCUT2D eigenvalue weighted by atomic mass is 10.2. The predicted octanol–water partition coefficient (Wildman–Crippen LogP) is 5.94. The first-order valence-electron chi connectivity index (χ1n) is 8.73. The van der Waals surface area contributed by atoms with Crippen LogP contribution in [0.2, 0.25) is 0 Å². The van der Waals surface area contributed by atoms with Crippen LogP contribution in [0.5, 0.6) is 11.5 Å². The van der Waals surface area contributed by atoms with Crippen molar-refractivity contribution in [1.29, 1.82) is 0 Å². The molecule has 0 aromatic heterocycles. The summed E-state index contributed by atoms with van der Waals surface area (Å²) in [6, 6.07) is 6.90. The molecule has 0 heterocycles. The van der Waals surface area contributed by atoms with E-state index in [4.69, 9.17) is 9.47 Å². The van der Waals surface area contributed by atoms with Gasteiger partial charge in [0.2, 0.25) is 0 Å². The summed E-state index contributed by atoms with van der Waals surface area (Å²) in [6.45, 7) is 16.3. The Labute approximate surface area is 159 Å². The van der Waals surface area contributed by atoms with Crippen LogP contribution >= 0.6 is 0 Å². The van der Waals surface area contributed by atoms with Gasteiger partial charge in [-0.1, -0.05) is 64.6 Å². The predicted molar refractivity (Wildman–Crippen MR) is 111 cm³/mol. The first-order chi connectivity index (χ1) is 12.4. The average molecular weight is 363 g/mol. The van der Waals surface area contributed by atoms with Gasteiger partial charge in [-0.2, -0.15) is 0 Å². The van der Waals surface area contributed by atoms with Crippen molar-refractivity contribution in [2.24, 2.45) is 0 Å². The van der Waals surface area contributed by atoms with Crippen LogP contribution in [0.4, 0.5) is 0 Å². The quantitative estimate of drug-likeness (QED) is 0.282. The molecule has 1 aromatic rings. The largest absolute Gasteiger partial charge is 0.497 e. The number of hydrogen-bond acceptors (Lipinski definition) is 4. The van der Waals surface area contributed by atoms with Gasteiger partial charge in [-0.05, 0) is 26.0 Å². The minimum atomic E-state index is -0.330. The highest BCUT2D eigenvalue weighted by atomic mass is 16.5. The zero-order valence-electron chi connectivity index (χ0n) is 17.5. The van der Waals surface area contributed by atoms with Crippen molar-refractivity contribution in [3.63, 3.8) is 0 Å². The number of benzene rings is 1. The van der Waals surface area contributed by atoms with E-state index in [1.165, 1.54) is 13.8 Å². The standard InChI is InChI=1S/C9H10O3.C9H12O.2C2H6/c1-7(10)12-9-5-3-4-8(6-9)11-2;1-4-6-7-9(5-2)8(3)10;2*1-2/h3-6H,1-2H3;4-7H,2H2,1,3H3;2*1-2H3/b;6-4-,9-7+;;. The highest BCUT2D eigenvalue weighted by Gasteiger charge is 1.98. The van der Waals surface area contributed by atoms with Crippen molar-refractivity contribution in [3.8, 4) is 11.5 Å². The van der Waals surface area contributed by atoms with Crippen LogP contribution in [0.1, 0.15) is 48.5 Å². The SMILES string of the molecule is C=C/C(=C\C=C/C)C(C)=O.CC.CC.COc1cccc(OC(C)=O)c1. The summed E-state index contributed by atoms with van der Waals surface area (Å²) in [5.74, 6) is 0.895. The van der Waals surface area contributed by atoms with E-state index in [2.05, 4.69) is 6.58 Å². The summed E-state index contributed by atoms with van der Waals surface area (Å²) in [4.78, 5) is 21.3. The number of ether oxygens (including phenoxy) is 2. The second-order valence-corrected chi connectivity index (χ2v) is 4.18. The number of allylic oxidation sites excluding steroid dienone is 5. The van der Waals surface area contributed by atoms with Crippen LogP contribution in [0.3, 0.4) is 0 Å². The maximum Gasteiger partial charge on any atom is 0.308 e. The summed E-state index contributed by atoms with van der Waals surface area (Å²) in [5, 5.41) is 0. The lowest BCUT2D eigenvalue weighted by Crippen LogP contribution is -2.01. The Morgan fingerprint density at radius 3 is 1.96 bits per heavy atom. The fourth-order valence-electron chi connectivity index (χ4n) is 1.36. The first-order valence-corrected chi connectivity index (χ1v) is 8.73. The molecule has 0 aliphatic carbocycles. The van der Waals surface area contributed by atoms with Gasteiger partial charge in [-0.15, -0.1) is 0 Å². The monoisotopic (exact) mass is 362 g/mol. The third kappa shape index (κ3) is 16.2. The lowest BCUT2D eigenvalue weighted by Gasteiger charge is -2.02. The molecule has 0 radical (unpaired) electrons. The molecule has 26 heavy (non-hydrogen) atoms. The molecule has 0 unspecified atom stereocenters. The fourth-order valence-corrected chi connectivity index (χ4v) is 1.36. The van der Waals surface area contributed by atoms with E-state index in [0.717, 1.165) is 0 Å². The van der Waals surface area contributed by atoms with Gasteiger partial charge < -0.3 is 9.47 Å². The fraction of sp³-hybridized carbons (Fsp3) is 0.364. The van der Waals surface area contributed by atoms with Crippen LogP contribution in [-0.2, 0) is 9.59 Å². The minimum absolute atomic E-state index is 0.0492. The van der Waals surface area contributed by atoms with Crippen molar-refractivity contribution in [3.05, 3.63) is 60.7 Å². The molecule has 4 nitrogen and oxygen atoms in total. The van der Waals surface area contributed by atoms with Crippen LogP contribution in [0.25, 0.3) is 0 Å². The van der Waals surface area contributed by atoms with Gasteiger partial charge in [0.1, 0.15) is 11.5 Å². The minimum Gasteiger partial charge on any atom is -0.497 e. The molecular formula is C22H34O4. The van der Waals surface area contributed by atoms with Crippen molar-refractivity contribution in [2.75, 3.05) is 7.11 Å². The summed E-state index contributed by atoms with van der Waals surface area (Å²) >= 11 is 0. The Bertz CT molecular complexity index is 569. The first kappa shape index (κ1) is 28.2. The molecule has 0 fully saturated rings. The Kier molecular flexibility index (Phi) is 22.1. The molecule has 0 aliphatic rings. The summed E-state index contributed by atoms with van der Waals surface area (Å²) < 4.78 is 9.78. The molecule has 1 rings (SSSR count). The average Bonchev–Trinajstić information content (AvgIpc) is 2.65. The molecule has 0 N–H and O–H groups in total. The number of hydrogen-bond donors (Lipinski definition) is 0. The van der Waals surface area contributed by atoms with E-state index in [1.807, 2.05) is 46.8 Å². The van der Waals surface area contributed by atoms with Crippen molar-refractivity contribution >= 4 is 11.8 Å². The van der Waals surface area contributed by atoms with E-state index in [-0.39, 0.29) is 11.8 Å². The number of carbonyl (C=O) groups is 2. The summed E-state index contributed by atoms with van der Waals surface area (Å²) in [7, 11) is 1.56. The number of esters is 1. The maximum atomic E-state index is 10.7. The van der Waals surface area contributed by atoms with Crippen LogP contribution in [-0.4, -0.2) is 18.9 Å². The number of ketones is 1. The molecule has 0 aliphatic heterocycles. The Morgan fingerprint density at radius 1 is 1.04 bits per heavy atom. The van der Waals surface area contributed by atoms with E-state index in [9.17, 15) is 9.59 Å². The molecule has 1 aromatic carbocycles. The number of methoxy groups -OCH3 is 1. The van der Waals surface area contributed by atoms with Gasteiger partial charge in [0.25, 0.3) is 0 Å². The Hall–Kier alpha value is -2.62. The Morgan fingerprint density at radius 2 is 1.58 bits per heavy atom. The normalized spacial score (nSPS) is 9.31. The molecule has 4 heteroatoms. The summed E-state index contributed by atoms with van der Waals surface area (Å²) in [6.07, 6.45) is 6.99. The van der Waals surface area contributed by atoms with Gasteiger partial charge in [-0.3, -0.25) is 9.59 Å². The van der Waals surface area contributed by atoms with Crippen molar-refractivity contribution in [2.45, 2.75) is 48.5 Å². The number of rotatable bonds is 5. The Balaban J connectivity index is -0.000000346. The molecular weight excluding hydrogens is 328 g/mol. The molecule has 0 saturated heterocycles. The van der Waals surface area contributed by atoms with Crippen molar-refractivity contribution < 1.29 is 19.1 Å². The molecule has 0 saturated carbocycles. The van der Waals surface area contributed by atoms with Crippen molar-refractivity contribution in [1.82, 2.24) is 0 Å². The zero-order chi connectivity index (χ0) is 21.0. The molecule has 0 bridgehead atoms. The number of carbonyl (C=O) groups excluding carboxylic acids is 2. The maximum absolute atomic E-state index is 10.7. The van der Waals surface area contributed by atoms with E-state index in [1.54, 1.807) is 43.5 Å². The molecule has 146 valence electrons. The van der Waals surface area contributed by atoms with E-state index < -0.39 is 0 Å². The summed E-state index contributed by atoms with van der Waals surface area (Å²) in [5.41, 5.74) is 0.651. The van der Waals surface area contributed by atoms with Gasteiger partial charge >= 0.3 is 5.97 Å². The van der Waals surface area contributed by atoms with Crippen LogP contribution < -0.4 is 9.47 Å². The van der Waals surface area contributed by atoms with E-state index >= 15 is 0 Å². The van der Waals surface area contributed by atoms with Gasteiger partial charge in [0, 0.05) is 18.6 Å². The molecule has 0 spiro atoms. The van der Waals surface area contributed by atoms with Crippen LogP contribution in [0.15, 0.2) is 60.7 Å². The second-order valence-electron chi connectivity index (χ2n) is 4.18. The van der Waals surface area contributed by atoms with Gasteiger partial charge in [0.05, 0.1) is 7.11 Å². The number of Topliss-reactive ketones (excluding diaryl/α,β-unsaturated/α-hetero) is 1. The lowest BCUT2D eigenvalue weighted by molar-refractivity contribution is -0.131. The van der Waals surface area contributed by atoms with Gasteiger partial charge in [0.15, 0.2) is 5.78 Å². The third-order valence-corrected chi connectivity index (χ3v) is 2.40. The zero-order valence-corrected chi connectivity index (χ0v) is 17.5. The highest BCUT2D eigenvalue weighted by Crippen LogP contribution is 2.18. The van der Waals surface area contributed by atoms with E-state index in [0.29, 0.717) is 17.1 Å².